The van der Waals surface area contributed by atoms with Crippen molar-refractivity contribution in [1.82, 2.24) is 0 Å². The number of rotatable bonds is 3. The van der Waals surface area contributed by atoms with E-state index in [1.807, 2.05) is 13.8 Å². The van der Waals surface area contributed by atoms with Gasteiger partial charge in [-0.3, -0.25) is 4.79 Å². The van der Waals surface area contributed by atoms with Crippen molar-refractivity contribution in [2.75, 3.05) is 0 Å². The molecular weight excluding hydrogens is 294 g/mol. The first kappa shape index (κ1) is 13.7. The summed E-state index contributed by atoms with van der Waals surface area (Å²) < 4.78 is 14.5. The highest BCUT2D eigenvalue weighted by Crippen LogP contribution is 2.35. The Bertz CT molecular complexity index is 429. The number of ketones is 1. The second-order valence-electron chi connectivity index (χ2n) is 4.49. The number of benzene rings is 1. The van der Waals surface area contributed by atoms with Gasteiger partial charge < -0.3 is 0 Å². The summed E-state index contributed by atoms with van der Waals surface area (Å²) >= 11 is 8.98. The molecule has 1 aromatic rings. The molecule has 0 radical (unpaired) electrons. The Balaban J connectivity index is 3.23. The summed E-state index contributed by atoms with van der Waals surface area (Å²) in [5, 5.41) is 0.0640. The topological polar surface area (TPSA) is 17.1 Å². The highest BCUT2D eigenvalue weighted by molar-refractivity contribution is 9.10. The van der Waals surface area contributed by atoms with Crippen LogP contribution in [0.1, 0.15) is 32.8 Å². The van der Waals surface area contributed by atoms with Crippen LogP contribution < -0.4 is 0 Å². The van der Waals surface area contributed by atoms with Gasteiger partial charge in [0.25, 0.3) is 0 Å². The highest BCUT2D eigenvalue weighted by atomic mass is 79.9. The Morgan fingerprint density at radius 2 is 2.06 bits per heavy atom. The SMILES string of the molecule is CC(=O)CC(C)(C)c1ccc(Br)c(Cl)c1F. The number of hydrogen-bond donors (Lipinski definition) is 0. The number of Topliss-reactive ketones (excluding diaryl/α,β-unsaturated/α-hetero) is 1. The van der Waals surface area contributed by atoms with Gasteiger partial charge in [0.2, 0.25) is 0 Å². The van der Waals surface area contributed by atoms with Crippen LogP contribution in [-0.4, -0.2) is 5.78 Å². The number of hydrogen-bond acceptors (Lipinski definition) is 1. The molecule has 0 atom stereocenters. The maximum atomic E-state index is 13.9. The lowest BCUT2D eigenvalue weighted by molar-refractivity contribution is -0.118. The van der Waals surface area contributed by atoms with Crippen molar-refractivity contribution in [3.63, 3.8) is 0 Å². The molecule has 1 nitrogen and oxygen atoms in total. The lowest BCUT2D eigenvalue weighted by Crippen LogP contribution is -2.22. The normalized spacial score (nSPS) is 11.6. The second kappa shape index (κ2) is 4.84. The zero-order chi connectivity index (χ0) is 12.5. The summed E-state index contributed by atoms with van der Waals surface area (Å²) in [4.78, 5) is 11.1. The van der Waals surface area contributed by atoms with Crippen molar-refractivity contribution < 1.29 is 9.18 Å². The molecule has 0 amide bonds. The fourth-order valence-electron chi connectivity index (χ4n) is 1.77. The Hall–Kier alpha value is -0.410. The summed E-state index contributed by atoms with van der Waals surface area (Å²) in [6, 6.07) is 3.36. The highest BCUT2D eigenvalue weighted by Gasteiger charge is 2.27. The van der Waals surface area contributed by atoms with E-state index >= 15 is 0 Å². The number of carbonyl (C=O) groups excluding carboxylic acids is 1. The van der Waals surface area contributed by atoms with Crippen molar-refractivity contribution in [1.29, 1.82) is 0 Å². The summed E-state index contributed by atoms with van der Waals surface area (Å²) in [5.74, 6) is -0.425. The van der Waals surface area contributed by atoms with Gasteiger partial charge in [0.15, 0.2) is 0 Å². The molecule has 0 saturated heterocycles. The maximum Gasteiger partial charge on any atom is 0.146 e. The monoisotopic (exact) mass is 306 g/mol. The predicted molar refractivity (Wildman–Crippen MR) is 67.4 cm³/mol. The summed E-state index contributed by atoms with van der Waals surface area (Å²) in [6.07, 6.45) is 0.294. The molecule has 88 valence electrons. The fraction of sp³-hybridized carbons (Fsp3) is 0.417. The van der Waals surface area contributed by atoms with Crippen molar-refractivity contribution in [2.45, 2.75) is 32.6 Å². The van der Waals surface area contributed by atoms with E-state index in [1.54, 1.807) is 12.1 Å². The van der Waals surface area contributed by atoms with Crippen molar-refractivity contribution in [3.8, 4) is 0 Å². The van der Waals surface area contributed by atoms with Crippen molar-refractivity contribution >= 4 is 33.3 Å². The zero-order valence-corrected chi connectivity index (χ0v) is 11.7. The third-order valence-corrected chi connectivity index (χ3v) is 3.71. The van der Waals surface area contributed by atoms with E-state index in [2.05, 4.69) is 15.9 Å². The van der Waals surface area contributed by atoms with E-state index in [0.29, 0.717) is 16.5 Å². The van der Waals surface area contributed by atoms with E-state index in [0.717, 1.165) is 0 Å². The van der Waals surface area contributed by atoms with Crippen LogP contribution in [0.4, 0.5) is 4.39 Å². The largest absolute Gasteiger partial charge is 0.300 e. The van der Waals surface area contributed by atoms with Crippen LogP contribution in [0.2, 0.25) is 5.02 Å². The first-order valence-electron chi connectivity index (χ1n) is 4.89. The number of halogens is 3. The van der Waals surface area contributed by atoms with E-state index in [9.17, 15) is 9.18 Å². The molecule has 0 N–H and O–H groups in total. The molecule has 16 heavy (non-hydrogen) atoms. The Labute approximate surface area is 108 Å². The van der Waals surface area contributed by atoms with E-state index in [-0.39, 0.29) is 10.8 Å². The standard InChI is InChI=1S/C12H13BrClFO/c1-7(16)6-12(2,3)8-4-5-9(13)10(14)11(8)15/h4-5H,6H2,1-3H3. The van der Waals surface area contributed by atoms with Crippen LogP contribution >= 0.6 is 27.5 Å². The average Bonchev–Trinajstić information content (AvgIpc) is 2.11. The molecular formula is C12H13BrClFO. The Kier molecular flexibility index (Phi) is 4.13. The third-order valence-electron chi connectivity index (χ3n) is 2.46. The second-order valence-corrected chi connectivity index (χ2v) is 5.72. The van der Waals surface area contributed by atoms with Gasteiger partial charge in [0.1, 0.15) is 11.6 Å². The third kappa shape index (κ3) is 2.83. The first-order chi connectivity index (χ1) is 7.25. The zero-order valence-electron chi connectivity index (χ0n) is 9.40. The van der Waals surface area contributed by atoms with Gasteiger partial charge in [0, 0.05) is 10.9 Å². The minimum absolute atomic E-state index is 0.0310. The predicted octanol–water partition coefficient (Wildman–Crippen LogP) is 4.50. The first-order valence-corrected chi connectivity index (χ1v) is 6.06. The molecule has 0 fully saturated rings. The number of carbonyl (C=O) groups is 1. The van der Waals surface area contributed by atoms with E-state index in [1.165, 1.54) is 6.92 Å². The molecule has 0 spiro atoms. The molecule has 0 aliphatic carbocycles. The van der Waals surface area contributed by atoms with Crippen LogP contribution in [0.15, 0.2) is 16.6 Å². The molecule has 4 heteroatoms. The van der Waals surface area contributed by atoms with Gasteiger partial charge in [-0.2, -0.15) is 0 Å². The van der Waals surface area contributed by atoms with E-state index < -0.39 is 11.2 Å². The fourth-order valence-corrected chi connectivity index (χ4v) is 2.24. The summed E-state index contributed by atoms with van der Waals surface area (Å²) in [6.45, 7) is 5.16. The van der Waals surface area contributed by atoms with Crippen LogP contribution in [-0.2, 0) is 10.2 Å². The van der Waals surface area contributed by atoms with Crippen LogP contribution in [0.5, 0.6) is 0 Å². The van der Waals surface area contributed by atoms with Gasteiger partial charge >= 0.3 is 0 Å². The van der Waals surface area contributed by atoms with Gasteiger partial charge in [-0.1, -0.05) is 31.5 Å². The molecule has 0 bridgehead atoms. The smallest absolute Gasteiger partial charge is 0.146 e. The summed E-state index contributed by atoms with van der Waals surface area (Å²) in [7, 11) is 0. The van der Waals surface area contributed by atoms with Gasteiger partial charge in [-0.25, -0.2) is 4.39 Å². The average molecular weight is 308 g/mol. The minimum Gasteiger partial charge on any atom is -0.300 e. The molecule has 1 rings (SSSR count). The van der Waals surface area contributed by atoms with Gasteiger partial charge in [0.05, 0.1) is 5.02 Å². The Morgan fingerprint density at radius 3 is 2.56 bits per heavy atom. The lowest BCUT2D eigenvalue weighted by atomic mass is 9.80. The summed E-state index contributed by atoms with van der Waals surface area (Å²) in [5.41, 5.74) is -0.0730. The molecule has 0 saturated carbocycles. The van der Waals surface area contributed by atoms with Crippen LogP contribution in [0.25, 0.3) is 0 Å². The molecule has 1 aromatic carbocycles. The maximum absolute atomic E-state index is 13.9. The molecule has 0 aliphatic rings. The molecule has 0 heterocycles. The molecule has 0 aromatic heterocycles. The van der Waals surface area contributed by atoms with Gasteiger partial charge in [-0.05, 0) is 39.9 Å². The molecule has 0 aliphatic heterocycles. The quantitative estimate of drug-likeness (QED) is 0.752. The minimum atomic E-state index is -0.541. The van der Waals surface area contributed by atoms with E-state index in [4.69, 9.17) is 11.6 Å². The van der Waals surface area contributed by atoms with Gasteiger partial charge in [-0.15, -0.1) is 0 Å². The van der Waals surface area contributed by atoms with Crippen LogP contribution in [0.3, 0.4) is 0 Å². The van der Waals surface area contributed by atoms with Crippen LogP contribution in [0, 0.1) is 5.82 Å². The van der Waals surface area contributed by atoms with Crippen molar-refractivity contribution in [3.05, 3.63) is 33.0 Å². The Morgan fingerprint density at radius 1 is 1.50 bits per heavy atom. The molecule has 0 unspecified atom stereocenters. The lowest BCUT2D eigenvalue weighted by Gasteiger charge is -2.25. The van der Waals surface area contributed by atoms with Crippen molar-refractivity contribution in [2.24, 2.45) is 0 Å².